The number of ketones is 1. The van der Waals surface area contributed by atoms with Gasteiger partial charge < -0.3 is 14.8 Å². The topological polar surface area (TPSA) is 92.3 Å². The predicted octanol–water partition coefficient (Wildman–Crippen LogP) is 1.66. The highest BCUT2D eigenvalue weighted by molar-refractivity contribution is 6.12. The molecule has 20 heavy (non-hydrogen) atoms. The minimum Gasteiger partial charge on any atom is -0.493 e. The Kier molecular flexibility index (Phi) is 2.98. The Morgan fingerprint density at radius 3 is 3.00 bits per heavy atom. The molecular weight excluding hydrogens is 260 g/mol. The van der Waals surface area contributed by atoms with Crippen LogP contribution in [-0.4, -0.2) is 33.4 Å². The molecule has 0 unspecified atom stereocenters. The molecule has 0 saturated carbocycles. The van der Waals surface area contributed by atoms with Crippen LogP contribution in [0, 0.1) is 0 Å². The largest absolute Gasteiger partial charge is 0.493 e. The summed E-state index contributed by atoms with van der Waals surface area (Å²) in [6.07, 6.45) is 2.97. The Bertz CT molecular complexity index is 690. The fourth-order valence-electron chi connectivity index (χ4n) is 2.27. The SMILES string of the molecule is O=C(c1ccc2c(c1)CCCO2)c1nc[nH]c1C(=O)O. The number of nitrogens with zero attached hydrogens (tertiary/aromatic N) is 1. The molecule has 0 bridgehead atoms. The van der Waals surface area contributed by atoms with Crippen molar-refractivity contribution in [2.24, 2.45) is 0 Å². The number of rotatable bonds is 3. The third-order valence-corrected chi connectivity index (χ3v) is 3.24. The first-order chi connectivity index (χ1) is 9.66. The molecule has 6 nitrogen and oxygen atoms in total. The minimum absolute atomic E-state index is 0.0748. The molecule has 1 aromatic heterocycles. The van der Waals surface area contributed by atoms with E-state index >= 15 is 0 Å². The highest BCUT2D eigenvalue weighted by Crippen LogP contribution is 2.26. The van der Waals surface area contributed by atoms with E-state index in [-0.39, 0.29) is 11.4 Å². The second-order valence-corrected chi connectivity index (χ2v) is 4.53. The number of nitrogens with one attached hydrogen (secondary N) is 1. The smallest absolute Gasteiger partial charge is 0.354 e. The lowest BCUT2D eigenvalue weighted by molar-refractivity contribution is 0.0687. The van der Waals surface area contributed by atoms with Crippen molar-refractivity contribution < 1.29 is 19.4 Å². The Labute approximate surface area is 114 Å². The summed E-state index contributed by atoms with van der Waals surface area (Å²) >= 11 is 0. The van der Waals surface area contributed by atoms with Crippen LogP contribution in [0.4, 0.5) is 0 Å². The molecule has 2 aromatic rings. The summed E-state index contributed by atoms with van der Waals surface area (Å²) in [5, 5.41) is 9.00. The lowest BCUT2D eigenvalue weighted by Gasteiger charge is -2.17. The minimum atomic E-state index is -1.20. The van der Waals surface area contributed by atoms with E-state index in [9.17, 15) is 9.59 Å². The highest BCUT2D eigenvalue weighted by Gasteiger charge is 2.22. The maximum atomic E-state index is 12.3. The summed E-state index contributed by atoms with van der Waals surface area (Å²) in [7, 11) is 0. The van der Waals surface area contributed by atoms with Gasteiger partial charge in [0.1, 0.15) is 11.4 Å². The van der Waals surface area contributed by atoms with Crippen LogP contribution in [0.25, 0.3) is 0 Å². The van der Waals surface area contributed by atoms with Gasteiger partial charge in [-0.05, 0) is 36.6 Å². The number of aryl methyl sites for hydroxylation is 1. The highest BCUT2D eigenvalue weighted by atomic mass is 16.5. The number of aromatic nitrogens is 2. The Balaban J connectivity index is 1.98. The van der Waals surface area contributed by atoms with Crippen molar-refractivity contribution in [3.63, 3.8) is 0 Å². The predicted molar refractivity (Wildman–Crippen MR) is 69.2 cm³/mol. The average molecular weight is 272 g/mol. The molecule has 3 rings (SSSR count). The van der Waals surface area contributed by atoms with E-state index in [1.807, 2.05) is 0 Å². The van der Waals surface area contributed by atoms with Gasteiger partial charge in [0, 0.05) is 5.56 Å². The van der Waals surface area contributed by atoms with E-state index < -0.39 is 11.8 Å². The lowest BCUT2D eigenvalue weighted by Crippen LogP contribution is -2.12. The monoisotopic (exact) mass is 272 g/mol. The average Bonchev–Trinajstić information content (AvgIpc) is 2.95. The van der Waals surface area contributed by atoms with E-state index in [1.165, 1.54) is 6.33 Å². The van der Waals surface area contributed by atoms with Crippen molar-refractivity contribution in [1.29, 1.82) is 0 Å². The molecule has 2 N–H and O–H groups in total. The van der Waals surface area contributed by atoms with Gasteiger partial charge in [-0.15, -0.1) is 0 Å². The van der Waals surface area contributed by atoms with Gasteiger partial charge in [0.05, 0.1) is 12.9 Å². The van der Waals surface area contributed by atoms with E-state index in [0.29, 0.717) is 12.2 Å². The molecule has 102 valence electrons. The summed E-state index contributed by atoms with van der Waals surface area (Å²) in [6, 6.07) is 5.12. The van der Waals surface area contributed by atoms with Crippen molar-refractivity contribution in [2.75, 3.05) is 6.61 Å². The molecule has 2 heterocycles. The number of hydrogen-bond acceptors (Lipinski definition) is 4. The first-order valence-corrected chi connectivity index (χ1v) is 6.24. The van der Waals surface area contributed by atoms with Gasteiger partial charge in [-0.2, -0.15) is 0 Å². The summed E-state index contributed by atoms with van der Waals surface area (Å²) in [5.41, 5.74) is 1.12. The molecule has 1 aliphatic heterocycles. The fraction of sp³-hybridized carbons (Fsp3) is 0.214. The van der Waals surface area contributed by atoms with Crippen LogP contribution >= 0.6 is 0 Å². The maximum Gasteiger partial charge on any atom is 0.354 e. The number of ether oxygens (including phenoxy) is 1. The van der Waals surface area contributed by atoms with Crippen LogP contribution in [0.2, 0.25) is 0 Å². The molecule has 1 aromatic carbocycles. The van der Waals surface area contributed by atoms with Gasteiger partial charge in [-0.3, -0.25) is 4.79 Å². The van der Waals surface area contributed by atoms with Crippen molar-refractivity contribution in [3.05, 3.63) is 47.0 Å². The molecular formula is C14H12N2O4. The second kappa shape index (κ2) is 4.80. The van der Waals surface area contributed by atoms with Crippen LogP contribution in [0.3, 0.4) is 0 Å². The van der Waals surface area contributed by atoms with Gasteiger partial charge in [-0.25, -0.2) is 9.78 Å². The summed E-state index contributed by atoms with van der Waals surface area (Å²) in [6.45, 7) is 0.683. The van der Waals surface area contributed by atoms with Crippen LogP contribution < -0.4 is 4.74 Å². The molecule has 0 radical (unpaired) electrons. The molecule has 0 atom stereocenters. The lowest BCUT2D eigenvalue weighted by atomic mass is 9.99. The van der Waals surface area contributed by atoms with Crippen LogP contribution in [0.5, 0.6) is 5.75 Å². The maximum absolute atomic E-state index is 12.3. The van der Waals surface area contributed by atoms with Crippen LogP contribution in [-0.2, 0) is 6.42 Å². The number of carbonyl (C=O) groups excluding carboxylic acids is 1. The molecule has 0 amide bonds. The van der Waals surface area contributed by atoms with Gasteiger partial charge >= 0.3 is 5.97 Å². The van der Waals surface area contributed by atoms with Crippen molar-refractivity contribution in [3.8, 4) is 5.75 Å². The van der Waals surface area contributed by atoms with Crippen molar-refractivity contribution >= 4 is 11.8 Å². The molecule has 1 aliphatic rings. The summed E-state index contributed by atoms with van der Waals surface area (Å²) < 4.78 is 5.48. The number of carboxylic acids is 1. The van der Waals surface area contributed by atoms with E-state index in [2.05, 4.69) is 9.97 Å². The Morgan fingerprint density at radius 1 is 1.35 bits per heavy atom. The van der Waals surface area contributed by atoms with Crippen molar-refractivity contribution in [1.82, 2.24) is 9.97 Å². The third kappa shape index (κ3) is 2.05. The zero-order chi connectivity index (χ0) is 14.1. The molecule has 0 aliphatic carbocycles. The van der Waals surface area contributed by atoms with Gasteiger partial charge in [-0.1, -0.05) is 0 Å². The normalized spacial score (nSPS) is 13.4. The number of carboxylic acid groups (broad SMARTS) is 1. The Morgan fingerprint density at radius 2 is 2.20 bits per heavy atom. The number of carbonyl (C=O) groups is 2. The van der Waals surface area contributed by atoms with Gasteiger partial charge in [0.2, 0.25) is 5.78 Å². The van der Waals surface area contributed by atoms with E-state index in [1.54, 1.807) is 18.2 Å². The van der Waals surface area contributed by atoms with Crippen LogP contribution in [0.1, 0.15) is 38.5 Å². The number of benzene rings is 1. The standard InChI is InChI=1S/C14H12N2O4/c17-13(11-12(14(18)19)16-7-15-11)9-3-4-10-8(6-9)2-1-5-20-10/h3-4,6-7H,1-2,5H2,(H,15,16)(H,18,19). The Hall–Kier alpha value is -2.63. The number of aromatic carboxylic acids is 1. The molecule has 0 saturated heterocycles. The van der Waals surface area contributed by atoms with Crippen molar-refractivity contribution in [2.45, 2.75) is 12.8 Å². The van der Waals surface area contributed by atoms with Gasteiger partial charge in [0.15, 0.2) is 5.69 Å². The molecule has 0 spiro atoms. The second-order valence-electron chi connectivity index (χ2n) is 4.53. The number of hydrogen-bond donors (Lipinski definition) is 2. The summed E-state index contributed by atoms with van der Waals surface area (Å²) in [4.78, 5) is 29.6. The molecule has 0 fully saturated rings. The third-order valence-electron chi connectivity index (χ3n) is 3.24. The fourth-order valence-corrected chi connectivity index (χ4v) is 2.27. The first-order valence-electron chi connectivity index (χ1n) is 6.24. The zero-order valence-corrected chi connectivity index (χ0v) is 10.5. The van der Waals surface area contributed by atoms with Crippen LogP contribution in [0.15, 0.2) is 24.5 Å². The summed E-state index contributed by atoms with van der Waals surface area (Å²) in [5.74, 6) is -0.822. The number of fused-ring (bicyclic) bond motifs is 1. The first kappa shape index (κ1) is 12.4. The number of aromatic amines is 1. The zero-order valence-electron chi connectivity index (χ0n) is 10.5. The van der Waals surface area contributed by atoms with E-state index in [0.717, 1.165) is 24.2 Å². The quantitative estimate of drug-likeness (QED) is 0.829. The number of imidazole rings is 1. The van der Waals surface area contributed by atoms with Gasteiger partial charge in [0.25, 0.3) is 0 Å². The molecule has 6 heteroatoms. The van der Waals surface area contributed by atoms with E-state index in [4.69, 9.17) is 9.84 Å². The number of H-pyrrole nitrogens is 1.